The summed E-state index contributed by atoms with van der Waals surface area (Å²) in [5.74, 6) is 0.535. The Bertz CT molecular complexity index is 775. The van der Waals surface area contributed by atoms with Crippen molar-refractivity contribution in [2.75, 3.05) is 17.2 Å². The number of aryl methyl sites for hydroxylation is 4. The van der Waals surface area contributed by atoms with Crippen LogP contribution >= 0.6 is 0 Å². The van der Waals surface area contributed by atoms with E-state index in [2.05, 4.69) is 21.1 Å². The van der Waals surface area contributed by atoms with E-state index in [1.165, 1.54) is 0 Å². The molecule has 2 aromatic rings. The number of aromatic nitrogens is 1. The summed E-state index contributed by atoms with van der Waals surface area (Å²) in [6.45, 7) is 9.61. The third kappa shape index (κ3) is 5.16. The topological polar surface area (TPSA) is 96.3 Å². The lowest BCUT2D eigenvalue weighted by atomic mass is 10.1. The van der Waals surface area contributed by atoms with E-state index < -0.39 is 6.04 Å². The Morgan fingerprint density at radius 2 is 1.73 bits per heavy atom. The molecular formula is C19H26N4O3. The Morgan fingerprint density at radius 1 is 1.08 bits per heavy atom. The minimum Gasteiger partial charge on any atom is -0.360 e. The highest BCUT2D eigenvalue weighted by atomic mass is 16.5. The molecule has 2 rings (SSSR count). The fraction of sp³-hybridized carbons (Fsp3) is 0.421. The number of anilines is 2. The van der Waals surface area contributed by atoms with Crippen molar-refractivity contribution in [1.29, 1.82) is 0 Å². The number of hydrogen-bond donors (Lipinski definition) is 3. The van der Waals surface area contributed by atoms with E-state index in [1.54, 1.807) is 13.0 Å². The molecule has 0 saturated carbocycles. The van der Waals surface area contributed by atoms with Crippen LogP contribution in [0.2, 0.25) is 0 Å². The van der Waals surface area contributed by atoms with Crippen molar-refractivity contribution >= 4 is 23.3 Å². The van der Waals surface area contributed by atoms with Crippen LogP contribution in [0.1, 0.15) is 35.8 Å². The van der Waals surface area contributed by atoms with Crippen LogP contribution in [0.25, 0.3) is 0 Å². The molecule has 1 heterocycles. The Morgan fingerprint density at radius 3 is 2.27 bits per heavy atom. The molecule has 0 radical (unpaired) electrons. The largest absolute Gasteiger partial charge is 0.360 e. The third-order valence-electron chi connectivity index (χ3n) is 4.05. The normalized spacial score (nSPS) is 11.9. The van der Waals surface area contributed by atoms with Gasteiger partial charge >= 0.3 is 0 Å². The summed E-state index contributed by atoms with van der Waals surface area (Å²) in [7, 11) is 0. The number of nitrogens with one attached hydrogen (secondary N) is 3. The lowest BCUT2D eigenvalue weighted by Gasteiger charge is -2.17. The number of benzene rings is 1. The summed E-state index contributed by atoms with van der Waals surface area (Å²) in [6.07, 6.45) is 0.540. The van der Waals surface area contributed by atoms with Crippen molar-refractivity contribution in [3.63, 3.8) is 0 Å². The van der Waals surface area contributed by atoms with E-state index in [0.717, 1.165) is 22.4 Å². The molecule has 0 bridgehead atoms. The van der Waals surface area contributed by atoms with Crippen LogP contribution in [-0.2, 0) is 9.59 Å². The average molecular weight is 358 g/mol. The smallest absolute Gasteiger partial charge is 0.242 e. The maximum atomic E-state index is 12.3. The summed E-state index contributed by atoms with van der Waals surface area (Å²) < 4.78 is 4.92. The predicted octanol–water partition coefficient (Wildman–Crippen LogP) is 2.85. The first kappa shape index (κ1) is 19.7. The van der Waals surface area contributed by atoms with Gasteiger partial charge in [0.1, 0.15) is 5.76 Å². The van der Waals surface area contributed by atoms with E-state index in [9.17, 15) is 9.59 Å². The van der Waals surface area contributed by atoms with Crippen LogP contribution in [0.4, 0.5) is 11.5 Å². The van der Waals surface area contributed by atoms with Crippen molar-refractivity contribution in [2.24, 2.45) is 0 Å². The van der Waals surface area contributed by atoms with Gasteiger partial charge in [-0.25, -0.2) is 0 Å². The van der Waals surface area contributed by atoms with E-state index in [0.29, 0.717) is 18.0 Å². The van der Waals surface area contributed by atoms with Crippen LogP contribution in [0.5, 0.6) is 0 Å². The third-order valence-corrected chi connectivity index (χ3v) is 4.05. The number of amides is 2. The van der Waals surface area contributed by atoms with Gasteiger partial charge < -0.3 is 15.2 Å². The van der Waals surface area contributed by atoms with Gasteiger partial charge in [-0.05, 0) is 45.2 Å². The first-order valence-electron chi connectivity index (χ1n) is 8.65. The van der Waals surface area contributed by atoms with E-state index in [-0.39, 0.29) is 18.4 Å². The van der Waals surface area contributed by atoms with E-state index in [1.807, 2.05) is 39.8 Å². The molecule has 1 unspecified atom stereocenters. The Kier molecular flexibility index (Phi) is 6.52. The molecular weight excluding hydrogens is 332 g/mol. The zero-order valence-electron chi connectivity index (χ0n) is 15.9. The molecule has 0 spiro atoms. The van der Waals surface area contributed by atoms with Gasteiger partial charge in [-0.3, -0.25) is 14.9 Å². The maximum absolute atomic E-state index is 12.3. The summed E-state index contributed by atoms with van der Waals surface area (Å²) in [4.78, 5) is 24.6. The maximum Gasteiger partial charge on any atom is 0.242 e. The number of nitrogens with zero attached hydrogens (tertiary/aromatic N) is 1. The fourth-order valence-corrected chi connectivity index (χ4v) is 2.84. The molecule has 0 aliphatic rings. The van der Waals surface area contributed by atoms with Crippen LogP contribution < -0.4 is 16.0 Å². The van der Waals surface area contributed by atoms with Crippen LogP contribution in [0.3, 0.4) is 0 Å². The second-order valence-electron chi connectivity index (χ2n) is 6.48. The van der Waals surface area contributed by atoms with Gasteiger partial charge in [0.2, 0.25) is 11.8 Å². The molecule has 0 saturated heterocycles. The van der Waals surface area contributed by atoms with Crippen LogP contribution in [-0.4, -0.2) is 29.6 Å². The Labute approximate surface area is 153 Å². The number of hydrogen-bond acceptors (Lipinski definition) is 5. The summed E-state index contributed by atoms with van der Waals surface area (Å²) in [6, 6.07) is 5.19. The van der Waals surface area contributed by atoms with Gasteiger partial charge in [0.25, 0.3) is 0 Å². The molecule has 1 atom stereocenters. The zero-order chi connectivity index (χ0) is 19.3. The Balaban J connectivity index is 1.91. The standard InChI is InChI=1S/C19H26N4O3/c1-6-15(19(25)21-16-9-14(5)26-23-16)20-10-17(24)22-18-12(3)7-11(2)8-13(18)4/h7-9,15,20H,6,10H2,1-5H3,(H,22,24)(H,21,23,25). The fourth-order valence-electron chi connectivity index (χ4n) is 2.84. The predicted molar refractivity (Wildman–Crippen MR) is 101 cm³/mol. The van der Waals surface area contributed by atoms with E-state index >= 15 is 0 Å². The first-order chi connectivity index (χ1) is 12.3. The lowest BCUT2D eigenvalue weighted by molar-refractivity contribution is -0.118. The monoisotopic (exact) mass is 358 g/mol. The van der Waals surface area contributed by atoms with Crippen LogP contribution in [0.15, 0.2) is 22.7 Å². The highest BCUT2D eigenvalue weighted by Crippen LogP contribution is 2.21. The molecule has 2 amide bonds. The highest BCUT2D eigenvalue weighted by molar-refractivity contribution is 5.96. The Hall–Kier alpha value is -2.67. The van der Waals surface area contributed by atoms with Gasteiger partial charge in [-0.1, -0.05) is 29.8 Å². The molecule has 1 aromatic heterocycles. The number of carbonyl (C=O) groups excluding carboxylic acids is 2. The molecule has 1 aromatic carbocycles. The minimum absolute atomic E-state index is 0.0382. The first-order valence-corrected chi connectivity index (χ1v) is 8.65. The second kappa shape index (κ2) is 8.62. The van der Waals surface area contributed by atoms with Gasteiger partial charge in [-0.15, -0.1) is 0 Å². The summed E-state index contributed by atoms with van der Waals surface area (Å²) in [5.41, 5.74) is 4.00. The second-order valence-corrected chi connectivity index (χ2v) is 6.48. The lowest BCUT2D eigenvalue weighted by Crippen LogP contribution is -2.43. The van der Waals surface area contributed by atoms with Crippen molar-refractivity contribution in [3.05, 3.63) is 40.6 Å². The van der Waals surface area contributed by atoms with E-state index in [4.69, 9.17) is 4.52 Å². The molecule has 0 aliphatic carbocycles. The van der Waals surface area contributed by atoms with Crippen molar-refractivity contribution in [2.45, 2.75) is 47.1 Å². The minimum atomic E-state index is -0.502. The van der Waals surface area contributed by atoms with Crippen LogP contribution in [0, 0.1) is 27.7 Å². The number of carbonyl (C=O) groups is 2. The van der Waals surface area contributed by atoms with Gasteiger partial charge in [-0.2, -0.15) is 0 Å². The molecule has 7 heteroatoms. The highest BCUT2D eigenvalue weighted by Gasteiger charge is 2.19. The SMILES string of the molecule is CCC(NCC(=O)Nc1c(C)cc(C)cc1C)C(=O)Nc1cc(C)on1. The van der Waals surface area contributed by atoms with Crippen molar-refractivity contribution in [1.82, 2.24) is 10.5 Å². The molecule has 0 fully saturated rings. The van der Waals surface area contributed by atoms with Crippen molar-refractivity contribution < 1.29 is 14.1 Å². The summed E-state index contributed by atoms with van der Waals surface area (Å²) >= 11 is 0. The van der Waals surface area contributed by atoms with Gasteiger partial charge in [0.05, 0.1) is 12.6 Å². The number of rotatable bonds is 7. The average Bonchev–Trinajstić information content (AvgIpc) is 2.96. The molecule has 140 valence electrons. The van der Waals surface area contributed by atoms with Gasteiger partial charge in [0, 0.05) is 11.8 Å². The zero-order valence-corrected chi connectivity index (χ0v) is 15.9. The molecule has 26 heavy (non-hydrogen) atoms. The van der Waals surface area contributed by atoms with Crippen molar-refractivity contribution in [3.8, 4) is 0 Å². The quantitative estimate of drug-likeness (QED) is 0.707. The van der Waals surface area contributed by atoms with Gasteiger partial charge in [0.15, 0.2) is 5.82 Å². The summed E-state index contributed by atoms with van der Waals surface area (Å²) in [5, 5.41) is 12.3. The molecule has 0 aliphatic heterocycles. The molecule has 7 nitrogen and oxygen atoms in total. The molecule has 3 N–H and O–H groups in total.